The molecule has 1 aliphatic heterocycles. The van der Waals surface area contributed by atoms with Gasteiger partial charge in [-0.3, -0.25) is 9.47 Å². The number of hydrogen-bond donors (Lipinski definition) is 0. The number of benzene rings is 3. The van der Waals surface area contributed by atoms with Crippen LogP contribution in [0.4, 0.5) is 0 Å². The standard InChI is InChI=1S/C27H27ClN4OS/c28-25-12-6-5-9-22(25)19-33-24-15-13-21(14-16-24)26-29-31(20-30-17-7-2-8-18-30)27(34)32(26)23-10-3-1-4-11-23/h1,3-6,9-16H,2,7-8,17-20H2. The third kappa shape index (κ3) is 5.09. The number of nitrogens with zero attached hydrogens (tertiary/aromatic N) is 4. The highest BCUT2D eigenvalue weighted by Gasteiger charge is 2.17. The molecule has 2 heterocycles. The fourth-order valence-corrected chi connectivity index (χ4v) is 4.74. The van der Waals surface area contributed by atoms with Crippen molar-refractivity contribution in [3.05, 3.63) is 94.2 Å². The molecule has 5 rings (SSSR count). The predicted molar refractivity (Wildman–Crippen MR) is 139 cm³/mol. The van der Waals surface area contributed by atoms with E-state index in [4.69, 9.17) is 33.7 Å². The number of ether oxygens (including phenoxy) is 1. The van der Waals surface area contributed by atoms with Crippen molar-refractivity contribution in [2.45, 2.75) is 32.5 Å². The van der Waals surface area contributed by atoms with Gasteiger partial charge in [0, 0.05) is 21.8 Å². The second kappa shape index (κ2) is 10.6. The SMILES string of the molecule is S=c1n(CN2CCCCC2)nc(-c2ccc(OCc3ccccc3Cl)cc2)n1-c1ccccc1. The highest BCUT2D eigenvalue weighted by Crippen LogP contribution is 2.26. The normalized spacial score (nSPS) is 14.3. The quantitative estimate of drug-likeness (QED) is 0.268. The third-order valence-electron chi connectivity index (χ3n) is 6.10. The summed E-state index contributed by atoms with van der Waals surface area (Å²) in [6, 6.07) is 25.9. The Hall–Kier alpha value is -2.93. The van der Waals surface area contributed by atoms with Gasteiger partial charge in [-0.1, -0.05) is 54.4 Å². The van der Waals surface area contributed by atoms with E-state index in [2.05, 4.69) is 21.6 Å². The van der Waals surface area contributed by atoms with Crippen LogP contribution in [0.2, 0.25) is 5.02 Å². The van der Waals surface area contributed by atoms with Gasteiger partial charge in [-0.2, -0.15) is 0 Å². The molecule has 0 atom stereocenters. The summed E-state index contributed by atoms with van der Waals surface area (Å²) in [7, 11) is 0. The van der Waals surface area contributed by atoms with E-state index in [1.807, 2.05) is 71.4 Å². The van der Waals surface area contributed by atoms with E-state index in [1.165, 1.54) is 19.3 Å². The highest BCUT2D eigenvalue weighted by atomic mass is 35.5. The molecule has 1 saturated heterocycles. The first-order valence-corrected chi connectivity index (χ1v) is 12.4. The van der Waals surface area contributed by atoms with E-state index in [9.17, 15) is 0 Å². The molecule has 0 unspecified atom stereocenters. The number of likely N-dealkylation sites (tertiary alicyclic amines) is 1. The molecule has 1 aliphatic rings. The summed E-state index contributed by atoms with van der Waals surface area (Å²) >= 11 is 12.1. The molecule has 174 valence electrons. The number of piperidine rings is 1. The molecule has 0 spiro atoms. The van der Waals surface area contributed by atoms with Crippen molar-refractivity contribution in [2.75, 3.05) is 13.1 Å². The summed E-state index contributed by atoms with van der Waals surface area (Å²) in [5.41, 5.74) is 2.95. The van der Waals surface area contributed by atoms with Crippen LogP contribution in [0.5, 0.6) is 5.75 Å². The molecule has 5 nitrogen and oxygen atoms in total. The van der Waals surface area contributed by atoms with E-state index >= 15 is 0 Å². The molecule has 0 amide bonds. The van der Waals surface area contributed by atoms with Crippen molar-refractivity contribution in [1.82, 2.24) is 19.2 Å². The predicted octanol–water partition coefficient (Wildman–Crippen LogP) is 6.75. The van der Waals surface area contributed by atoms with Crippen molar-refractivity contribution in [2.24, 2.45) is 0 Å². The number of halogens is 1. The van der Waals surface area contributed by atoms with Crippen LogP contribution >= 0.6 is 23.8 Å². The van der Waals surface area contributed by atoms with Crippen molar-refractivity contribution in [3.8, 4) is 22.8 Å². The topological polar surface area (TPSA) is 35.2 Å². The largest absolute Gasteiger partial charge is 0.489 e. The maximum absolute atomic E-state index is 6.25. The Morgan fingerprint density at radius 1 is 0.853 bits per heavy atom. The molecule has 7 heteroatoms. The molecule has 0 radical (unpaired) electrons. The molecule has 1 fully saturated rings. The van der Waals surface area contributed by atoms with Gasteiger partial charge in [0.15, 0.2) is 5.82 Å². The molecule has 4 aromatic rings. The average molecular weight is 491 g/mol. The fourth-order valence-electron chi connectivity index (χ4n) is 4.26. The first kappa shape index (κ1) is 22.8. The number of aromatic nitrogens is 3. The van der Waals surface area contributed by atoms with Crippen LogP contribution in [-0.2, 0) is 13.3 Å². The highest BCUT2D eigenvalue weighted by molar-refractivity contribution is 7.71. The lowest BCUT2D eigenvalue weighted by atomic mass is 10.1. The summed E-state index contributed by atoms with van der Waals surface area (Å²) in [6.45, 7) is 3.31. The molecule has 1 aromatic heterocycles. The van der Waals surface area contributed by atoms with Crippen LogP contribution in [0, 0.1) is 4.77 Å². The molecule has 0 N–H and O–H groups in total. The van der Waals surface area contributed by atoms with Gasteiger partial charge in [0.05, 0.1) is 6.67 Å². The van der Waals surface area contributed by atoms with Gasteiger partial charge >= 0.3 is 0 Å². The van der Waals surface area contributed by atoms with Crippen LogP contribution in [-0.4, -0.2) is 32.3 Å². The second-order valence-corrected chi connectivity index (χ2v) is 9.27. The van der Waals surface area contributed by atoms with E-state index in [-0.39, 0.29) is 0 Å². The van der Waals surface area contributed by atoms with E-state index in [0.717, 1.165) is 41.5 Å². The lowest BCUT2D eigenvalue weighted by Crippen LogP contribution is -2.32. The maximum Gasteiger partial charge on any atom is 0.204 e. The van der Waals surface area contributed by atoms with Crippen LogP contribution in [0.25, 0.3) is 17.1 Å². The third-order valence-corrected chi connectivity index (χ3v) is 6.86. The first-order chi connectivity index (χ1) is 16.7. The van der Waals surface area contributed by atoms with Gasteiger partial charge in [-0.15, -0.1) is 5.10 Å². The van der Waals surface area contributed by atoms with Crippen LogP contribution < -0.4 is 4.74 Å². The minimum atomic E-state index is 0.420. The smallest absolute Gasteiger partial charge is 0.204 e. The Morgan fingerprint density at radius 2 is 1.56 bits per heavy atom. The fraction of sp³-hybridized carbons (Fsp3) is 0.259. The Morgan fingerprint density at radius 3 is 2.29 bits per heavy atom. The average Bonchev–Trinajstić information content (AvgIpc) is 3.20. The summed E-state index contributed by atoms with van der Waals surface area (Å²) in [5.74, 6) is 1.60. The number of rotatable bonds is 7. The van der Waals surface area contributed by atoms with E-state index in [1.54, 1.807) is 0 Å². The second-order valence-electron chi connectivity index (χ2n) is 8.50. The Labute approximate surface area is 210 Å². The lowest BCUT2D eigenvalue weighted by Gasteiger charge is -2.25. The Kier molecular flexibility index (Phi) is 7.09. The Balaban J connectivity index is 1.43. The minimum absolute atomic E-state index is 0.420. The number of hydrogen-bond acceptors (Lipinski definition) is 4. The molecular formula is C27H27ClN4OS. The van der Waals surface area contributed by atoms with E-state index < -0.39 is 0 Å². The van der Waals surface area contributed by atoms with E-state index in [0.29, 0.717) is 23.1 Å². The first-order valence-electron chi connectivity index (χ1n) is 11.6. The minimum Gasteiger partial charge on any atom is -0.489 e. The molecule has 34 heavy (non-hydrogen) atoms. The molecule has 0 bridgehead atoms. The summed E-state index contributed by atoms with van der Waals surface area (Å²) in [6.07, 6.45) is 3.76. The molecule has 0 saturated carbocycles. The Bertz CT molecular complexity index is 1290. The summed E-state index contributed by atoms with van der Waals surface area (Å²) < 4.78 is 10.7. The van der Waals surface area contributed by atoms with Gasteiger partial charge in [-0.25, -0.2) is 4.68 Å². The van der Waals surface area contributed by atoms with Crippen molar-refractivity contribution >= 4 is 23.8 Å². The molecular weight excluding hydrogens is 464 g/mol. The number of para-hydroxylation sites is 1. The van der Waals surface area contributed by atoms with Gasteiger partial charge in [-0.05, 0) is 80.6 Å². The maximum atomic E-state index is 6.25. The summed E-state index contributed by atoms with van der Waals surface area (Å²) in [4.78, 5) is 2.43. The zero-order valence-electron chi connectivity index (χ0n) is 18.9. The van der Waals surface area contributed by atoms with Crippen molar-refractivity contribution in [3.63, 3.8) is 0 Å². The lowest BCUT2D eigenvalue weighted by molar-refractivity contribution is 0.172. The van der Waals surface area contributed by atoms with Gasteiger partial charge in [0.2, 0.25) is 4.77 Å². The summed E-state index contributed by atoms with van der Waals surface area (Å²) in [5, 5.41) is 5.67. The molecule has 3 aromatic carbocycles. The zero-order chi connectivity index (χ0) is 23.3. The van der Waals surface area contributed by atoms with Crippen molar-refractivity contribution < 1.29 is 4.74 Å². The monoisotopic (exact) mass is 490 g/mol. The molecule has 0 aliphatic carbocycles. The van der Waals surface area contributed by atoms with Gasteiger partial charge in [0.1, 0.15) is 12.4 Å². The zero-order valence-corrected chi connectivity index (χ0v) is 20.5. The van der Waals surface area contributed by atoms with Gasteiger partial charge < -0.3 is 4.74 Å². The van der Waals surface area contributed by atoms with Gasteiger partial charge in [0.25, 0.3) is 0 Å². The van der Waals surface area contributed by atoms with Crippen LogP contribution in [0.3, 0.4) is 0 Å². The van der Waals surface area contributed by atoms with Crippen LogP contribution in [0.15, 0.2) is 78.9 Å². The van der Waals surface area contributed by atoms with Crippen molar-refractivity contribution in [1.29, 1.82) is 0 Å². The van der Waals surface area contributed by atoms with Crippen LogP contribution in [0.1, 0.15) is 24.8 Å².